The Morgan fingerprint density at radius 2 is 2.29 bits per heavy atom. The molecular formula is C16H24N2O3. The van der Waals surface area contributed by atoms with Crippen molar-refractivity contribution in [2.75, 3.05) is 39.5 Å². The molecule has 5 heteroatoms. The third-order valence-corrected chi connectivity index (χ3v) is 3.82. The lowest BCUT2D eigenvalue weighted by Crippen LogP contribution is -2.44. The molecule has 0 bridgehead atoms. The summed E-state index contributed by atoms with van der Waals surface area (Å²) < 4.78 is 5.19. The monoisotopic (exact) mass is 292 g/mol. The summed E-state index contributed by atoms with van der Waals surface area (Å²) in [5.41, 5.74) is 2.40. The summed E-state index contributed by atoms with van der Waals surface area (Å²) in [6.07, 6.45) is 0.916. The molecule has 0 saturated heterocycles. The van der Waals surface area contributed by atoms with Gasteiger partial charge in [-0.1, -0.05) is 24.3 Å². The second kappa shape index (κ2) is 8.12. The number of aliphatic hydroxyl groups is 1. The Balaban J connectivity index is 1.90. The third kappa shape index (κ3) is 4.27. The Morgan fingerprint density at radius 3 is 3.05 bits per heavy atom. The van der Waals surface area contributed by atoms with Gasteiger partial charge in [-0.2, -0.15) is 0 Å². The van der Waals surface area contributed by atoms with Gasteiger partial charge in [-0.25, -0.2) is 0 Å². The van der Waals surface area contributed by atoms with E-state index in [9.17, 15) is 9.90 Å². The highest BCUT2D eigenvalue weighted by atomic mass is 16.5. The second-order valence-electron chi connectivity index (χ2n) is 5.16. The lowest BCUT2D eigenvalue weighted by atomic mass is 9.93. The van der Waals surface area contributed by atoms with Crippen molar-refractivity contribution in [2.45, 2.75) is 19.4 Å². The van der Waals surface area contributed by atoms with Crippen molar-refractivity contribution >= 4 is 5.91 Å². The Hall–Kier alpha value is -1.43. The minimum atomic E-state index is -0.0902. The Morgan fingerprint density at radius 1 is 1.48 bits per heavy atom. The van der Waals surface area contributed by atoms with Crippen molar-refractivity contribution in [2.24, 2.45) is 0 Å². The molecule has 2 rings (SSSR count). The maximum absolute atomic E-state index is 12.0. The topological polar surface area (TPSA) is 61.8 Å². The first-order valence-electron chi connectivity index (χ1n) is 7.53. The van der Waals surface area contributed by atoms with E-state index in [0.29, 0.717) is 26.3 Å². The number of hydrogen-bond acceptors (Lipinski definition) is 4. The largest absolute Gasteiger partial charge is 0.394 e. The maximum atomic E-state index is 12.0. The van der Waals surface area contributed by atoms with Crippen LogP contribution in [-0.4, -0.2) is 55.4 Å². The molecule has 1 aliphatic rings. The number of rotatable bonds is 7. The molecule has 1 aromatic carbocycles. The summed E-state index contributed by atoms with van der Waals surface area (Å²) in [5, 5.41) is 12.5. The van der Waals surface area contributed by atoms with Crippen LogP contribution in [0.1, 0.15) is 24.1 Å². The second-order valence-corrected chi connectivity index (χ2v) is 5.16. The predicted molar refractivity (Wildman–Crippen MR) is 81.0 cm³/mol. The number of nitrogens with zero attached hydrogens (tertiary/aromatic N) is 1. The highest BCUT2D eigenvalue weighted by Gasteiger charge is 2.27. The first-order chi connectivity index (χ1) is 10.3. The van der Waals surface area contributed by atoms with Crippen molar-refractivity contribution in [1.29, 1.82) is 0 Å². The highest BCUT2D eigenvalue weighted by molar-refractivity contribution is 5.78. The minimum Gasteiger partial charge on any atom is -0.394 e. The molecule has 0 aliphatic carbocycles. The van der Waals surface area contributed by atoms with E-state index in [1.54, 1.807) is 0 Å². The lowest BCUT2D eigenvalue weighted by Gasteiger charge is -2.35. The summed E-state index contributed by atoms with van der Waals surface area (Å²) >= 11 is 0. The zero-order chi connectivity index (χ0) is 15.1. The van der Waals surface area contributed by atoms with Crippen molar-refractivity contribution < 1.29 is 14.6 Å². The normalized spacial score (nSPS) is 18.3. The number of ether oxygens (including phenoxy) is 1. The zero-order valence-electron chi connectivity index (χ0n) is 12.5. The van der Waals surface area contributed by atoms with Crippen LogP contribution in [0.4, 0.5) is 0 Å². The molecule has 1 unspecified atom stereocenters. The summed E-state index contributed by atoms with van der Waals surface area (Å²) in [5.74, 6) is -0.0208. The third-order valence-electron chi connectivity index (χ3n) is 3.82. The molecule has 5 nitrogen and oxygen atoms in total. The molecule has 21 heavy (non-hydrogen) atoms. The number of fused-ring (bicyclic) bond motifs is 1. The first-order valence-corrected chi connectivity index (χ1v) is 7.53. The van der Waals surface area contributed by atoms with Crippen molar-refractivity contribution in [3.63, 3.8) is 0 Å². The van der Waals surface area contributed by atoms with E-state index in [0.717, 1.165) is 18.5 Å². The molecule has 0 spiro atoms. The number of carbonyl (C=O) groups excluding carboxylic acids is 1. The minimum absolute atomic E-state index is 0.0208. The average Bonchev–Trinajstić information content (AvgIpc) is 2.51. The molecule has 0 radical (unpaired) electrons. The van der Waals surface area contributed by atoms with E-state index in [-0.39, 0.29) is 18.6 Å². The van der Waals surface area contributed by atoms with Gasteiger partial charge in [0.25, 0.3) is 0 Å². The van der Waals surface area contributed by atoms with Crippen LogP contribution in [0.15, 0.2) is 24.3 Å². The van der Waals surface area contributed by atoms with Crippen LogP contribution in [0.2, 0.25) is 0 Å². The van der Waals surface area contributed by atoms with Gasteiger partial charge in [0.15, 0.2) is 0 Å². The summed E-state index contributed by atoms with van der Waals surface area (Å²) in [6.45, 7) is 4.79. The van der Waals surface area contributed by atoms with Gasteiger partial charge >= 0.3 is 0 Å². The van der Waals surface area contributed by atoms with Crippen LogP contribution < -0.4 is 5.32 Å². The molecule has 1 heterocycles. The van der Waals surface area contributed by atoms with E-state index >= 15 is 0 Å². The predicted octanol–water partition coefficient (Wildman–Crippen LogP) is 0.731. The fourth-order valence-electron chi connectivity index (χ4n) is 2.75. The van der Waals surface area contributed by atoms with Crippen LogP contribution in [0.3, 0.4) is 0 Å². The van der Waals surface area contributed by atoms with E-state index < -0.39 is 0 Å². The average molecular weight is 292 g/mol. The molecule has 1 aliphatic heterocycles. The fraction of sp³-hybridized carbons (Fsp3) is 0.562. The van der Waals surface area contributed by atoms with Gasteiger partial charge in [0.2, 0.25) is 5.91 Å². The van der Waals surface area contributed by atoms with Gasteiger partial charge in [0.1, 0.15) is 0 Å². The zero-order valence-corrected chi connectivity index (χ0v) is 12.5. The molecule has 1 atom stereocenters. The first kappa shape index (κ1) is 15.9. The van der Waals surface area contributed by atoms with E-state index in [1.165, 1.54) is 5.56 Å². The summed E-state index contributed by atoms with van der Waals surface area (Å²) in [7, 11) is 0. The molecular weight excluding hydrogens is 268 g/mol. The molecule has 1 aromatic rings. The van der Waals surface area contributed by atoms with Gasteiger partial charge < -0.3 is 15.2 Å². The summed E-state index contributed by atoms with van der Waals surface area (Å²) in [6, 6.07) is 8.04. The van der Waals surface area contributed by atoms with E-state index in [1.807, 2.05) is 30.0 Å². The molecule has 0 fully saturated rings. The van der Waals surface area contributed by atoms with Crippen LogP contribution in [0.25, 0.3) is 0 Å². The van der Waals surface area contributed by atoms with Gasteiger partial charge in [-0.3, -0.25) is 9.69 Å². The number of aliphatic hydroxyl groups excluding tert-OH is 1. The molecule has 0 saturated carbocycles. The lowest BCUT2D eigenvalue weighted by molar-refractivity contribution is -0.123. The number of benzene rings is 1. The van der Waals surface area contributed by atoms with Gasteiger partial charge in [0, 0.05) is 19.7 Å². The summed E-state index contributed by atoms with van der Waals surface area (Å²) in [4.78, 5) is 14.0. The number of carbonyl (C=O) groups is 1. The van der Waals surface area contributed by atoms with Crippen LogP contribution >= 0.6 is 0 Å². The number of hydrogen-bond donors (Lipinski definition) is 2. The molecule has 2 N–H and O–H groups in total. The van der Waals surface area contributed by atoms with Crippen LogP contribution in [0, 0.1) is 0 Å². The Labute approximate surface area is 125 Å². The van der Waals surface area contributed by atoms with Crippen LogP contribution in [0.5, 0.6) is 0 Å². The van der Waals surface area contributed by atoms with Crippen molar-refractivity contribution in [3.8, 4) is 0 Å². The van der Waals surface area contributed by atoms with Gasteiger partial charge in [0.05, 0.1) is 25.8 Å². The molecule has 0 aromatic heterocycles. The van der Waals surface area contributed by atoms with Gasteiger partial charge in [-0.05, 0) is 24.5 Å². The maximum Gasteiger partial charge on any atom is 0.234 e. The smallest absolute Gasteiger partial charge is 0.234 e. The highest BCUT2D eigenvalue weighted by Crippen LogP contribution is 2.28. The van der Waals surface area contributed by atoms with E-state index in [4.69, 9.17) is 4.74 Å². The fourth-order valence-corrected chi connectivity index (χ4v) is 2.75. The Kier molecular flexibility index (Phi) is 6.17. The van der Waals surface area contributed by atoms with Gasteiger partial charge in [-0.15, -0.1) is 0 Å². The van der Waals surface area contributed by atoms with Crippen molar-refractivity contribution in [3.05, 3.63) is 35.4 Å². The van der Waals surface area contributed by atoms with Crippen LogP contribution in [-0.2, 0) is 16.0 Å². The molecule has 116 valence electrons. The number of nitrogens with one attached hydrogen (secondary N) is 1. The Bertz CT molecular complexity index is 465. The molecule has 1 amide bonds. The van der Waals surface area contributed by atoms with E-state index in [2.05, 4.69) is 11.4 Å². The van der Waals surface area contributed by atoms with Crippen molar-refractivity contribution in [1.82, 2.24) is 10.2 Å². The SMILES string of the molecule is CCOCCNC(=O)CN1CCc2ccccc2C1CO. The quantitative estimate of drug-likeness (QED) is 0.727. The standard InChI is InChI=1S/C16H24N2O3/c1-2-21-10-8-17-16(20)11-18-9-7-13-5-3-4-6-14(13)15(18)12-19/h3-6,15,19H,2,7-12H2,1H3,(H,17,20). The number of amides is 1.